The minimum Gasteiger partial charge on any atom is -0.380 e. The van der Waals surface area contributed by atoms with Crippen LogP contribution < -0.4 is 5.32 Å². The zero-order chi connectivity index (χ0) is 18.7. The van der Waals surface area contributed by atoms with Gasteiger partial charge in [0, 0.05) is 18.7 Å². The number of aromatic nitrogens is 3. The molecule has 0 radical (unpaired) electrons. The average molecular weight is 364 g/mol. The molecule has 3 aromatic rings. The topological polar surface area (TPSA) is 42.7 Å². The molecule has 0 aliphatic heterocycles. The molecule has 2 aromatic heterocycles. The van der Waals surface area contributed by atoms with E-state index in [1.165, 1.54) is 16.9 Å². The van der Waals surface area contributed by atoms with E-state index in [1.807, 2.05) is 0 Å². The number of benzene rings is 1. The molecule has 3 rings (SSSR count). The molecule has 1 N–H and O–H groups in total. The summed E-state index contributed by atoms with van der Waals surface area (Å²) in [5.74, 6) is -0.309. The minimum absolute atomic E-state index is 0.277. The quantitative estimate of drug-likeness (QED) is 0.665. The van der Waals surface area contributed by atoms with Gasteiger partial charge in [-0.15, -0.1) is 0 Å². The van der Waals surface area contributed by atoms with Crippen LogP contribution in [0.5, 0.6) is 0 Å². The first kappa shape index (κ1) is 17.9. The number of anilines is 1. The van der Waals surface area contributed by atoms with Crippen LogP contribution in [0, 0.1) is 5.82 Å². The first-order valence-electron chi connectivity index (χ1n) is 7.97. The summed E-state index contributed by atoms with van der Waals surface area (Å²) in [7, 11) is 0. The Morgan fingerprint density at radius 1 is 1.12 bits per heavy atom. The lowest BCUT2D eigenvalue weighted by Gasteiger charge is -2.08. The highest BCUT2D eigenvalue weighted by Crippen LogP contribution is 2.31. The fourth-order valence-corrected chi connectivity index (χ4v) is 2.49. The summed E-state index contributed by atoms with van der Waals surface area (Å²) in [4.78, 5) is 4.20. The van der Waals surface area contributed by atoms with Crippen molar-refractivity contribution in [3.63, 3.8) is 0 Å². The molecule has 0 spiro atoms. The Bertz CT molecular complexity index is 885. The van der Waals surface area contributed by atoms with Gasteiger partial charge < -0.3 is 5.32 Å². The van der Waals surface area contributed by atoms with Crippen molar-refractivity contribution < 1.29 is 17.6 Å². The second kappa shape index (κ2) is 7.15. The van der Waals surface area contributed by atoms with Crippen molar-refractivity contribution in [1.29, 1.82) is 0 Å². The molecule has 0 amide bonds. The third kappa shape index (κ3) is 3.84. The van der Waals surface area contributed by atoms with Crippen molar-refractivity contribution in [3.05, 3.63) is 65.7 Å². The van der Waals surface area contributed by atoms with Crippen molar-refractivity contribution in [2.45, 2.75) is 26.2 Å². The number of rotatable bonds is 5. The smallest absolute Gasteiger partial charge is 0.380 e. The van der Waals surface area contributed by atoms with E-state index < -0.39 is 11.9 Å². The first-order valence-corrected chi connectivity index (χ1v) is 7.97. The highest BCUT2D eigenvalue weighted by molar-refractivity contribution is 5.58. The lowest BCUT2D eigenvalue weighted by atomic mass is 10.2. The van der Waals surface area contributed by atoms with Crippen LogP contribution in [-0.2, 0) is 19.3 Å². The van der Waals surface area contributed by atoms with Gasteiger partial charge in [0.25, 0.3) is 0 Å². The van der Waals surface area contributed by atoms with E-state index in [4.69, 9.17) is 0 Å². The molecule has 0 saturated carbocycles. The molecular formula is C18H16F4N4. The number of aryl methyl sites for hydroxylation is 1. The zero-order valence-corrected chi connectivity index (χ0v) is 13.9. The van der Waals surface area contributed by atoms with Crippen molar-refractivity contribution in [2.24, 2.45) is 0 Å². The molecule has 0 aliphatic carbocycles. The molecule has 0 fully saturated rings. The summed E-state index contributed by atoms with van der Waals surface area (Å²) in [5, 5.41) is 6.61. The Morgan fingerprint density at radius 2 is 1.88 bits per heavy atom. The van der Waals surface area contributed by atoms with Crippen LogP contribution in [0.3, 0.4) is 0 Å². The van der Waals surface area contributed by atoms with Crippen molar-refractivity contribution in [2.75, 3.05) is 5.32 Å². The Morgan fingerprint density at radius 3 is 2.50 bits per heavy atom. The predicted octanol–water partition coefficient (Wildman–Crippen LogP) is 4.74. The number of hydrogen-bond donors (Lipinski definition) is 1. The zero-order valence-electron chi connectivity index (χ0n) is 13.9. The summed E-state index contributed by atoms with van der Waals surface area (Å²) in [6.07, 6.45) is -3.01. The van der Waals surface area contributed by atoms with E-state index in [0.29, 0.717) is 29.2 Å². The number of nitrogens with zero attached hydrogens (tertiary/aromatic N) is 3. The second-order valence-corrected chi connectivity index (χ2v) is 5.61. The summed E-state index contributed by atoms with van der Waals surface area (Å²) < 4.78 is 53.4. The molecule has 0 atom stereocenters. The summed E-state index contributed by atoms with van der Waals surface area (Å²) in [5.41, 5.74) is 0.871. The Balaban J connectivity index is 1.77. The minimum atomic E-state index is -4.50. The predicted molar refractivity (Wildman–Crippen MR) is 89.9 cm³/mol. The van der Waals surface area contributed by atoms with E-state index in [1.54, 1.807) is 37.3 Å². The molecule has 0 aliphatic rings. The van der Waals surface area contributed by atoms with Gasteiger partial charge in [-0.05, 0) is 31.2 Å². The van der Waals surface area contributed by atoms with E-state index in [-0.39, 0.29) is 12.4 Å². The largest absolute Gasteiger partial charge is 0.435 e. The summed E-state index contributed by atoms with van der Waals surface area (Å²) in [6.45, 7) is 2.28. The number of alkyl halides is 3. The fraction of sp³-hybridized carbons (Fsp3) is 0.222. The SMILES string of the molecule is CCn1nc(C(F)(F)F)cc1-c1ccc(NCc2ccccc2F)cn1. The molecular weight excluding hydrogens is 348 g/mol. The maximum Gasteiger partial charge on any atom is 0.435 e. The van der Waals surface area contributed by atoms with Crippen molar-refractivity contribution >= 4 is 5.69 Å². The normalized spacial score (nSPS) is 11.6. The fourth-order valence-electron chi connectivity index (χ4n) is 2.49. The molecule has 1 aromatic carbocycles. The standard InChI is InChI=1S/C18H16F4N4/c1-2-26-16(9-17(25-26)18(20,21)22)15-8-7-13(11-24-15)23-10-12-5-3-4-6-14(12)19/h3-9,11,23H,2,10H2,1H3. The number of hydrogen-bond acceptors (Lipinski definition) is 3. The highest BCUT2D eigenvalue weighted by atomic mass is 19.4. The third-order valence-corrected chi connectivity index (χ3v) is 3.84. The van der Waals surface area contributed by atoms with E-state index >= 15 is 0 Å². The van der Waals surface area contributed by atoms with Crippen LogP contribution in [-0.4, -0.2) is 14.8 Å². The second-order valence-electron chi connectivity index (χ2n) is 5.61. The van der Waals surface area contributed by atoms with Crippen molar-refractivity contribution in [3.8, 4) is 11.4 Å². The number of halogens is 4. The molecule has 0 unspecified atom stereocenters. The van der Waals surface area contributed by atoms with Crippen LogP contribution in [0.25, 0.3) is 11.4 Å². The summed E-state index contributed by atoms with van der Waals surface area (Å²) >= 11 is 0. The third-order valence-electron chi connectivity index (χ3n) is 3.84. The Labute approximate surface area is 147 Å². The molecule has 136 valence electrons. The van der Waals surface area contributed by atoms with Crippen LogP contribution >= 0.6 is 0 Å². The summed E-state index contributed by atoms with van der Waals surface area (Å²) in [6, 6.07) is 10.7. The van der Waals surface area contributed by atoms with Gasteiger partial charge >= 0.3 is 6.18 Å². The molecule has 0 bridgehead atoms. The van der Waals surface area contributed by atoms with Gasteiger partial charge in [0.05, 0.1) is 23.3 Å². The molecule has 4 nitrogen and oxygen atoms in total. The lowest BCUT2D eigenvalue weighted by Crippen LogP contribution is -2.07. The molecule has 8 heteroatoms. The van der Waals surface area contributed by atoms with Gasteiger partial charge in [-0.3, -0.25) is 9.67 Å². The monoisotopic (exact) mass is 364 g/mol. The van der Waals surface area contributed by atoms with Gasteiger partial charge in [-0.2, -0.15) is 18.3 Å². The lowest BCUT2D eigenvalue weighted by molar-refractivity contribution is -0.141. The number of pyridine rings is 1. The van der Waals surface area contributed by atoms with Gasteiger partial charge in [0.15, 0.2) is 5.69 Å². The van der Waals surface area contributed by atoms with Crippen LogP contribution in [0.15, 0.2) is 48.7 Å². The van der Waals surface area contributed by atoms with Gasteiger partial charge in [0.1, 0.15) is 5.82 Å². The number of nitrogens with one attached hydrogen (secondary N) is 1. The molecule has 0 saturated heterocycles. The van der Waals surface area contributed by atoms with Crippen LogP contribution in [0.1, 0.15) is 18.2 Å². The van der Waals surface area contributed by atoms with E-state index in [2.05, 4.69) is 15.4 Å². The van der Waals surface area contributed by atoms with Gasteiger partial charge in [0.2, 0.25) is 0 Å². The first-order chi connectivity index (χ1) is 12.4. The average Bonchev–Trinajstić information content (AvgIpc) is 3.06. The Kier molecular flexibility index (Phi) is 4.92. The highest BCUT2D eigenvalue weighted by Gasteiger charge is 2.35. The maximum absolute atomic E-state index is 13.6. The van der Waals surface area contributed by atoms with Gasteiger partial charge in [-0.25, -0.2) is 4.39 Å². The van der Waals surface area contributed by atoms with Crippen LogP contribution in [0.2, 0.25) is 0 Å². The molecule has 26 heavy (non-hydrogen) atoms. The van der Waals surface area contributed by atoms with E-state index in [9.17, 15) is 17.6 Å². The molecule has 2 heterocycles. The van der Waals surface area contributed by atoms with Crippen LogP contribution in [0.4, 0.5) is 23.2 Å². The van der Waals surface area contributed by atoms with Crippen molar-refractivity contribution in [1.82, 2.24) is 14.8 Å². The van der Waals surface area contributed by atoms with E-state index in [0.717, 1.165) is 6.07 Å². The Hall–Kier alpha value is -2.90. The van der Waals surface area contributed by atoms with Gasteiger partial charge in [-0.1, -0.05) is 18.2 Å². The maximum atomic E-state index is 13.6.